The van der Waals surface area contributed by atoms with Crippen molar-refractivity contribution in [1.82, 2.24) is 4.72 Å². The minimum absolute atomic E-state index is 0.229. The number of hydrogen-bond acceptors (Lipinski definition) is 5. The number of sulfonamides is 1. The zero-order chi connectivity index (χ0) is 17.8. The predicted molar refractivity (Wildman–Crippen MR) is 76.8 cm³/mol. The number of nitrogens with one attached hydrogen (secondary N) is 1. The van der Waals surface area contributed by atoms with Crippen LogP contribution in [0.2, 0.25) is 0 Å². The maximum Gasteiger partial charge on any atom is 0.573 e. The third-order valence-corrected chi connectivity index (χ3v) is 4.43. The molecule has 2 aromatic rings. The second-order valence-corrected chi connectivity index (χ2v) is 6.32. The van der Waals surface area contributed by atoms with Crippen LogP contribution in [-0.2, 0) is 14.8 Å². The number of methoxy groups -OCH3 is 1. The van der Waals surface area contributed by atoms with Crippen molar-refractivity contribution in [2.75, 3.05) is 13.7 Å². The summed E-state index contributed by atoms with van der Waals surface area (Å²) in [5.74, 6) is -0.440. The monoisotopic (exact) mass is 365 g/mol. The van der Waals surface area contributed by atoms with E-state index in [1.54, 1.807) is 12.1 Å². The lowest BCUT2D eigenvalue weighted by molar-refractivity contribution is -0.275. The van der Waals surface area contributed by atoms with Crippen molar-refractivity contribution in [3.8, 4) is 5.75 Å². The summed E-state index contributed by atoms with van der Waals surface area (Å²) in [5.41, 5.74) is 0. The second kappa shape index (κ2) is 7.24. The van der Waals surface area contributed by atoms with E-state index in [0.29, 0.717) is 5.76 Å². The molecule has 1 N–H and O–H groups in total. The van der Waals surface area contributed by atoms with Gasteiger partial charge in [-0.1, -0.05) is 12.1 Å². The van der Waals surface area contributed by atoms with E-state index in [0.717, 1.165) is 12.1 Å². The van der Waals surface area contributed by atoms with Crippen molar-refractivity contribution < 1.29 is 35.5 Å². The highest BCUT2D eigenvalue weighted by atomic mass is 32.2. The zero-order valence-corrected chi connectivity index (χ0v) is 13.2. The number of rotatable bonds is 7. The molecule has 1 aromatic carbocycles. The Morgan fingerprint density at radius 3 is 2.50 bits per heavy atom. The van der Waals surface area contributed by atoms with Gasteiger partial charge >= 0.3 is 6.36 Å². The van der Waals surface area contributed by atoms with Crippen LogP contribution in [0.3, 0.4) is 0 Å². The fraction of sp³-hybridized carbons (Fsp3) is 0.286. The minimum atomic E-state index is -5.01. The molecular formula is C14H14F3NO5S. The average molecular weight is 365 g/mol. The van der Waals surface area contributed by atoms with Gasteiger partial charge in [0.25, 0.3) is 0 Å². The Morgan fingerprint density at radius 2 is 1.92 bits per heavy atom. The Bertz CT molecular complexity index is 759. The molecule has 132 valence electrons. The number of benzene rings is 1. The predicted octanol–water partition coefficient (Wildman–Crippen LogP) is 2.84. The molecule has 0 aliphatic carbocycles. The molecule has 0 fully saturated rings. The van der Waals surface area contributed by atoms with Crippen LogP contribution in [0.15, 0.2) is 52.0 Å². The van der Waals surface area contributed by atoms with E-state index in [-0.39, 0.29) is 6.54 Å². The molecule has 0 aliphatic heterocycles. The summed E-state index contributed by atoms with van der Waals surface area (Å²) >= 11 is 0. The van der Waals surface area contributed by atoms with E-state index >= 15 is 0 Å². The Labute approximate surface area is 136 Å². The molecule has 1 aromatic heterocycles. The second-order valence-electron chi connectivity index (χ2n) is 4.59. The van der Waals surface area contributed by atoms with E-state index in [9.17, 15) is 21.6 Å². The largest absolute Gasteiger partial charge is 0.573 e. The molecule has 10 heteroatoms. The van der Waals surface area contributed by atoms with Crippen molar-refractivity contribution in [3.63, 3.8) is 0 Å². The first kappa shape index (κ1) is 18.3. The van der Waals surface area contributed by atoms with Crippen LogP contribution in [0.4, 0.5) is 13.2 Å². The molecule has 0 spiro atoms. The molecule has 0 unspecified atom stereocenters. The van der Waals surface area contributed by atoms with Crippen LogP contribution in [-0.4, -0.2) is 28.4 Å². The minimum Gasteiger partial charge on any atom is -0.467 e. The Hall–Kier alpha value is -2.04. The smallest absolute Gasteiger partial charge is 0.467 e. The fourth-order valence-corrected chi connectivity index (χ4v) is 3.08. The Morgan fingerprint density at radius 1 is 1.21 bits per heavy atom. The Balaban J connectivity index is 2.19. The lowest BCUT2D eigenvalue weighted by Crippen LogP contribution is -2.30. The van der Waals surface area contributed by atoms with Gasteiger partial charge in [-0.05, 0) is 24.3 Å². The van der Waals surface area contributed by atoms with Gasteiger partial charge in [0.2, 0.25) is 10.0 Å². The van der Waals surface area contributed by atoms with E-state index in [4.69, 9.17) is 9.15 Å². The van der Waals surface area contributed by atoms with Gasteiger partial charge in [-0.25, -0.2) is 13.1 Å². The molecule has 0 amide bonds. The molecule has 0 saturated heterocycles. The van der Waals surface area contributed by atoms with Gasteiger partial charge in [0, 0.05) is 13.7 Å². The van der Waals surface area contributed by atoms with Crippen molar-refractivity contribution in [2.45, 2.75) is 17.4 Å². The van der Waals surface area contributed by atoms with Gasteiger partial charge in [-0.2, -0.15) is 0 Å². The molecule has 2 rings (SSSR count). The molecule has 1 atom stereocenters. The van der Waals surface area contributed by atoms with Gasteiger partial charge < -0.3 is 13.9 Å². The summed E-state index contributed by atoms with van der Waals surface area (Å²) in [5, 5.41) is 0. The molecule has 1 heterocycles. The van der Waals surface area contributed by atoms with Crippen molar-refractivity contribution >= 4 is 10.0 Å². The van der Waals surface area contributed by atoms with Crippen molar-refractivity contribution in [3.05, 3.63) is 48.4 Å². The number of furan rings is 1. The lowest BCUT2D eigenvalue weighted by atomic mass is 10.3. The highest BCUT2D eigenvalue weighted by molar-refractivity contribution is 7.89. The van der Waals surface area contributed by atoms with E-state index < -0.39 is 33.1 Å². The topological polar surface area (TPSA) is 77.8 Å². The summed E-state index contributed by atoms with van der Waals surface area (Å²) in [6, 6.07) is 7.64. The lowest BCUT2D eigenvalue weighted by Gasteiger charge is -2.16. The number of hydrogen-bond donors (Lipinski definition) is 1. The van der Waals surface area contributed by atoms with Crippen LogP contribution < -0.4 is 9.46 Å². The highest BCUT2D eigenvalue weighted by Gasteiger charge is 2.34. The first-order valence-corrected chi connectivity index (χ1v) is 8.12. The van der Waals surface area contributed by atoms with Gasteiger partial charge in [-0.15, -0.1) is 13.2 Å². The third kappa shape index (κ3) is 4.73. The summed E-state index contributed by atoms with van der Waals surface area (Å²) < 4.78 is 77.9. The van der Waals surface area contributed by atoms with Crippen LogP contribution in [0, 0.1) is 0 Å². The van der Waals surface area contributed by atoms with Gasteiger partial charge in [0.05, 0.1) is 6.26 Å². The zero-order valence-electron chi connectivity index (χ0n) is 12.4. The van der Waals surface area contributed by atoms with Crippen LogP contribution >= 0.6 is 0 Å². The number of alkyl halides is 3. The first-order chi connectivity index (χ1) is 11.2. The van der Waals surface area contributed by atoms with Gasteiger partial charge in [-0.3, -0.25) is 0 Å². The van der Waals surface area contributed by atoms with Crippen LogP contribution in [0.5, 0.6) is 5.75 Å². The van der Waals surface area contributed by atoms with E-state index in [2.05, 4.69) is 9.46 Å². The summed E-state index contributed by atoms with van der Waals surface area (Å²) in [6.45, 7) is -0.229. The quantitative estimate of drug-likeness (QED) is 0.816. The SMILES string of the molecule is CO[C@H](CNS(=O)(=O)c1ccccc1OC(F)(F)F)c1ccco1. The average Bonchev–Trinajstić information content (AvgIpc) is 3.01. The maximum atomic E-state index is 12.4. The van der Waals surface area contributed by atoms with E-state index in [1.165, 1.54) is 25.5 Å². The number of halogens is 3. The van der Waals surface area contributed by atoms with Crippen molar-refractivity contribution in [1.29, 1.82) is 0 Å². The summed E-state index contributed by atoms with van der Waals surface area (Å²) in [4.78, 5) is -0.628. The molecule has 0 aliphatic rings. The molecule has 0 bridgehead atoms. The molecule has 0 radical (unpaired) electrons. The first-order valence-electron chi connectivity index (χ1n) is 6.63. The molecule has 0 saturated carbocycles. The van der Waals surface area contributed by atoms with Crippen LogP contribution in [0.25, 0.3) is 0 Å². The fourth-order valence-electron chi connectivity index (χ4n) is 1.92. The molecule has 6 nitrogen and oxygen atoms in total. The standard InChI is InChI=1S/C14H14F3NO5S/c1-21-12(10-6-4-8-22-10)9-18-24(19,20)13-7-3-2-5-11(13)23-14(15,16)17/h2-8,12,18H,9H2,1H3/t12-/m1/s1. The Kier molecular flexibility index (Phi) is 5.52. The van der Waals surface area contributed by atoms with Gasteiger partial charge in [0.15, 0.2) is 0 Å². The number of ether oxygens (including phenoxy) is 2. The molecular weight excluding hydrogens is 351 g/mol. The molecule has 24 heavy (non-hydrogen) atoms. The normalized spacial score (nSPS) is 13.7. The van der Waals surface area contributed by atoms with Crippen LogP contribution in [0.1, 0.15) is 11.9 Å². The highest BCUT2D eigenvalue weighted by Crippen LogP contribution is 2.29. The van der Waals surface area contributed by atoms with Gasteiger partial charge in [0.1, 0.15) is 22.5 Å². The maximum absolute atomic E-state index is 12.4. The van der Waals surface area contributed by atoms with Crippen molar-refractivity contribution in [2.24, 2.45) is 0 Å². The summed E-state index contributed by atoms with van der Waals surface area (Å²) in [7, 11) is -2.91. The third-order valence-electron chi connectivity index (χ3n) is 2.97. The summed E-state index contributed by atoms with van der Waals surface area (Å²) in [6.07, 6.45) is -4.34. The van der Waals surface area contributed by atoms with E-state index in [1.807, 2.05) is 0 Å². The number of para-hydroxylation sites is 1.